The summed E-state index contributed by atoms with van der Waals surface area (Å²) in [5.41, 5.74) is 7.10. The third kappa shape index (κ3) is 4.66. The van der Waals surface area contributed by atoms with E-state index in [9.17, 15) is 4.79 Å². The molecule has 2 aromatic rings. The van der Waals surface area contributed by atoms with Crippen molar-refractivity contribution in [1.29, 1.82) is 0 Å². The monoisotopic (exact) mass is 353 g/mol. The second-order valence-corrected chi connectivity index (χ2v) is 7.31. The summed E-state index contributed by atoms with van der Waals surface area (Å²) >= 11 is 0. The predicted octanol–water partition coefficient (Wildman–Crippen LogP) is 5.26. The lowest BCUT2D eigenvalue weighted by Gasteiger charge is -2.23. The van der Waals surface area contributed by atoms with Crippen LogP contribution in [0.5, 0.6) is 5.75 Å². The van der Waals surface area contributed by atoms with E-state index in [0.717, 1.165) is 16.9 Å². The summed E-state index contributed by atoms with van der Waals surface area (Å²) in [4.78, 5) is 12.8. The molecule has 0 radical (unpaired) electrons. The van der Waals surface area contributed by atoms with Crippen LogP contribution in [-0.2, 0) is 4.79 Å². The van der Waals surface area contributed by atoms with Crippen LogP contribution in [-0.4, -0.2) is 12.0 Å². The van der Waals surface area contributed by atoms with Crippen molar-refractivity contribution < 1.29 is 9.53 Å². The molecule has 26 heavy (non-hydrogen) atoms. The second kappa shape index (κ2) is 8.39. The van der Waals surface area contributed by atoms with E-state index in [-0.39, 0.29) is 11.9 Å². The third-order valence-corrected chi connectivity index (χ3v) is 4.97. The normalized spacial score (nSPS) is 13.2. The lowest BCUT2D eigenvalue weighted by Crippen LogP contribution is -2.39. The van der Waals surface area contributed by atoms with Crippen LogP contribution >= 0.6 is 0 Å². The van der Waals surface area contributed by atoms with Crippen LogP contribution in [0.15, 0.2) is 30.3 Å². The van der Waals surface area contributed by atoms with Gasteiger partial charge in [0.2, 0.25) is 0 Å². The molecule has 0 spiro atoms. The molecule has 1 N–H and O–H groups in total. The van der Waals surface area contributed by atoms with Crippen molar-refractivity contribution >= 4 is 5.91 Å². The van der Waals surface area contributed by atoms with Gasteiger partial charge in [0, 0.05) is 0 Å². The summed E-state index contributed by atoms with van der Waals surface area (Å²) in [5.74, 6) is 0.699. The van der Waals surface area contributed by atoms with Crippen molar-refractivity contribution in [2.24, 2.45) is 0 Å². The van der Waals surface area contributed by atoms with E-state index in [4.69, 9.17) is 4.74 Å². The number of carbonyl (C=O) groups is 1. The van der Waals surface area contributed by atoms with Gasteiger partial charge in [-0.1, -0.05) is 36.8 Å². The Morgan fingerprint density at radius 2 is 1.62 bits per heavy atom. The Kier molecular flexibility index (Phi) is 6.47. The molecule has 140 valence electrons. The van der Waals surface area contributed by atoms with Crippen LogP contribution in [0.25, 0.3) is 0 Å². The van der Waals surface area contributed by atoms with Crippen LogP contribution in [0.4, 0.5) is 0 Å². The minimum absolute atomic E-state index is 0.0569. The van der Waals surface area contributed by atoms with Crippen molar-refractivity contribution in [2.75, 3.05) is 0 Å². The molecule has 0 aliphatic heterocycles. The molecule has 0 fully saturated rings. The maximum absolute atomic E-state index is 12.8. The molecule has 2 aromatic carbocycles. The first kappa shape index (κ1) is 20.0. The number of hydrogen-bond donors (Lipinski definition) is 1. The Morgan fingerprint density at radius 3 is 2.23 bits per heavy atom. The van der Waals surface area contributed by atoms with Crippen molar-refractivity contribution in [2.45, 2.75) is 67.0 Å². The molecule has 1 amide bonds. The molecule has 2 unspecified atom stereocenters. The maximum atomic E-state index is 12.8. The van der Waals surface area contributed by atoms with Gasteiger partial charge in [-0.25, -0.2) is 0 Å². The topological polar surface area (TPSA) is 38.3 Å². The van der Waals surface area contributed by atoms with Gasteiger partial charge in [-0.05, 0) is 81.8 Å². The molecule has 0 saturated heterocycles. The Balaban J connectivity index is 2.12. The second-order valence-electron chi connectivity index (χ2n) is 7.31. The smallest absolute Gasteiger partial charge is 0.261 e. The summed E-state index contributed by atoms with van der Waals surface area (Å²) in [5, 5.41) is 3.12. The van der Waals surface area contributed by atoms with Gasteiger partial charge in [0.1, 0.15) is 5.75 Å². The fourth-order valence-corrected chi connectivity index (χ4v) is 3.24. The highest BCUT2D eigenvalue weighted by Gasteiger charge is 2.22. The van der Waals surface area contributed by atoms with E-state index in [1.165, 1.54) is 22.3 Å². The first-order valence-electron chi connectivity index (χ1n) is 9.35. The highest BCUT2D eigenvalue weighted by molar-refractivity contribution is 5.81. The first-order chi connectivity index (χ1) is 12.2. The van der Waals surface area contributed by atoms with Gasteiger partial charge in [-0.2, -0.15) is 0 Å². The largest absolute Gasteiger partial charge is 0.480 e. The van der Waals surface area contributed by atoms with Crippen molar-refractivity contribution in [3.8, 4) is 5.75 Å². The Morgan fingerprint density at radius 1 is 0.962 bits per heavy atom. The summed E-state index contributed by atoms with van der Waals surface area (Å²) in [6.07, 6.45) is 0.128. The number of amides is 1. The molecule has 0 aliphatic rings. The lowest BCUT2D eigenvalue weighted by atomic mass is 9.96. The molecule has 2 rings (SSSR count). The molecular formula is C23H31NO2. The molecule has 0 aromatic heterocycles. The Bertz CT molecular complexity index is 795. The van der Waals surface area contributed by atoms with Gasteiger partial charge in [0.15, 0.2) is 6.10 Å². The van der Waals surface area contributed by atoms with Crippen LogP contribution < -0.4 is 10.1 Å². The SMILES string of the molecule is CCC(Oc1ccc(C)cc1C)C(=O)NC(C)c1cc(C)c(C)cc1C. The molecule has 0 bridgehead atoms. The Hall–Kier alpha value is -2.29. The molecule has 0 saturated carbocycles. The molecule has 3 nitrogen and oxygen atoms in total. The maximum Gasteiger partial charge on any atom is 0.261 e. The Labute approximate surface area is 157 Å². The highest BCUT2D eigenvalue weighted by atomic mass is 16.5. The van der Waals surface area contributed by atoms with Gasteiger partial charge in [0.25, 0.3) is 5.91 Å². The zero-order valence-corrected chi connectivity index (χ0v) is 17.1. The van der Waals surface area contributed by atoms with E-state index in [0.29, 0.717) is 6.42 Å². The average Bonchev–Trinajstić information content (AvgIpc) is 2.57. The average molecular weight is 354 g/mol. The summed E-state index contributed by atoms with van der Waals surface area (Å²) in [6.45, 7) is 14.4. The number of rotatable bonds is 6. The highest BCUT2D eigenvalue weighted by Crippen LogP contribution is 2.23. The summed E-state index contributed by atoms with van der Waals surface area (Å²) in [6, 6.07) is 10.3. The molecule has 3 heteroatoms. The number of hydrogen-bond acceptors (Lipinski definition) is 2. The molecule has 0 aliphatic carbocycles. The fraction of sp³-hybridized carbons (Fsp3) is 0.435. The van der Waals surface area contributed by atoms with Gasteiger partial charge in [-0.15, -0.1) is 0 Å². The minimum Gasteiger partial charge on any atom is -0.480 e. The quantitative estimate of drug-likeness (QED) is 0.769. The zero-order chi connectivity index (χ0) is 19.4. The van der Waals surface area contributed by atoms with Gasteiger partial charge in [-0.3, -0.25) is 4.79 Å². The van der Waals surface area contributed by atoms with Gasteiger partial charge < -0.3 is 10.1 Å². The number of nitrogens with one attached hydrogen (secondary N) is 1. The van der Waals surface area contributed by atoms with Crippen LogP contribution in [0.2, 0.25) is 0 Å². The zero-order valence-electron chi connectivity index (χ0n) is 17.1. The number of aryl methyl sites for hydroxylation is 5. The van der Waals surface area contributed by atoms with Gasteiger partial charge >= 0.3 is 0 Å². The number of benzene rings is 2. The van der Waals surface area contributed by atoms with E-state index in [1.54, 1.807) is 0 Å². The van der Waals surface area contributed by atoms with Crippen LogP contribution in [0.3, 0.4) is 0 Å². The molecule has 2 atom stereocenters. The van der Waals surface area contributed by atoms with Crippen LogP contribution in [0.1, 0.15) is 59.7 Å². The van der Waals surface area contributed by atoms with Crippen LogP contribution in [0, 0.1) is 34.6 Å². The lowest BCUT2D eigenvalue weighted by molar-refractivity contribution is -0.128. The number of ether oxygens (including phenoxy) is 1. The fourth-order valence-electron chi connectivity index (χ4n) is 3.24. The van der Waals surface area contributed by atoms with Crippen molar-refractivity contribution in [1.82, 2.24) is 5.32 Å². The molecule has 0 heterocycles. The van der Waals surface area contributed by atoms with Gasteiger partial charge in [0.05, 0.1) is 6.04 Å². The van der Waals surface area contributed by atoms with Crippen molar-refractivity contribution in [3.05, 3.63) is 63.7 Å². The minimum atomic E-state index is -0.495. The van der Waals surface area contributed by atoms with E-state index in [1.807, 2.05) is 39.8 Å². The summed E-state index contributed by atoms with van der Waals surface area (Å²) < 4.78 is 6.01. The van der Waals surface area contributed by atoms with E-state index < -0.39 is 6.10 Å². The third-order valence-electron chi connectivity index (χ3n) is 4.97. The van der Waals surface area contributed by atoms with E-state index >= 15 is 0 Å². The van der Waals surface area contributed by atoms with E-state index in [2.05, 4.69) is 44.3 Å². The number of carbonyl (C=O) groups excluding carboxylic acids is 1. The van der Waals surface area contributed by atoms with Crippen molar-refractivity contribution in [3.63, 3.8) is 0 Å². The molecular weight excluding hydrogens is 322 g/mol. The predicted molar refractivity (Wildman–Crippen MR) is 108 cm³/mol. The first-order valence-corrected chi connectivity index (χ1v) is 9.35. The summed E-state index contributed by atoms with van der Waals surface area (Å²) in [7, 11) is 0. The standard InChI is InChI=1S/C23H31NO2/c1-8-21(26-22-10-9-14(2)11-18(22)6)23(25)24-19(7)20-13-16(4)15(3)12-17(20)5/h9-13,19,21H,8H2,1-7H3,(H,24,25).